The van der Waals surface area contributed by atoms with Crippen LogP contribution in [0.25, 0.3) is 0 Å². The summed E-state index contributed by atoms with van der Waals surface area (Å²) < 4.78 is 6.15. The number of esters is 1. The van der Waals surface area contributed by atoms with Crippen molar-refractivity contribution in [1.82, 2.24) is 20.1 Å². The normalized spacial score (nSPS) is 16.8. The first-order valence-electron chi connectivity index (χ1n) is 7.73. The first kappa shape index (κ1) is 17.6. The highest BCUT2D eigenvalue weighted by Crippen LogP contribution is 2.24. The molecule has 1 saturated carbocycles. The molecule has 1 unspecified atom stereocenters. The van der Waals surface area contributed by atoms with Gasteiger partial charge in [-0.3, -0.25) is 14.2 Å². The van der Waals surface area contributed by atoms with E-state index in [1.165, 1.54) is 13.5 Å². The topological polar surface area (TPSA) is 112 Å². The van der Waals surface area contributed by atoms with E-state index >= 15 is 0 Å². The summed E-state index contributed by atoms with van der Waals surface area (Å²) in [6, 6.07) is -0.311. The third-order valence-electron chi connectivity index (χ3n) is 3.96. The first-order valence-corrected chi connectivity index (χ1v) is 8.72. The van der Waals surface area contributed by atoms with E-state index in [9.17, 15) is 9.59 Å². The van der Waals surface area contributed by atoms with E-state index in [2.05, 4.69) is 20.3 Å². The van der Waals surface area contributed by atoms with Gasteiger partial charge in [-0.2, -0.15) is 0 Å². The number of nitrogen functional groups attached to an aromatic ring is 1. The van der Waals surface area contributed by atoms with Crippen LogP contribution in [0.15, 0.2) is 5.16 Å². The van der Waals surface area contributed by atoms with E-state index in [0.717, 1.165) is 37.4 Å². The number of aromatic nitrogens is 3. The average Bonchev–Trinajstić information content (AvgIpc) is 2.93. The Morgan fingerprint density at radius 1 is 1.39 bits per heavy atom. The number of nitrogens with one attached hydrogen (secondary N) is 1. The smallest absolute Gasteiger partial charge is 0.316 e. The van der Waals surface area contributed by atoms with Crippen LogP contribution in [-0.4, -0.2) is 45.5 Å². The molecule has 3 N–H and O–H groups in total. The number of hydrogen-bond acceptors (Lipinski definition) is 7. The fourth-order valence-electron chi connectivity index (χ4n) is 2.62. The maximum Gasteiger partial charge on any atom is 0.316 e. The fourth-order valence-corrected chi connectivity index (χ4v) is 3.47. The van der Waals surface area contributed by atoms with Gasteiger partial charge >= 0.3 is 5.97 Å². The van der Waals surface area contributed by atoms with Gasteiger partial charge in [0.25, 0.3) is 0 Å². The maximum absolute atomic E-state index is 12.5. The number of nitrogens with zero attached hydrogens (tertiary/aromatic N) is 3. The molecule has 1 atom stereocenters. The number of carbonyl (C=O) groups is 2. The minimum absolute atomic E-state index is 0.0889. The molecule has 0 aliphatic heterocycles. The van der Waals surface area contributed by atoms with Crippen molar-refractivity contribution in [3.8, 4) is 0 Å². The van der Waals surface area contributed by atoms with Gasteiger partial charge in [-0.05, 0) is 19.8 Å². The van der Waals surface area contributed by atoms with Gasteiger partial charge in [-0.25, -0.2) is 0 Å². The largest absolute Gasteiger partial charge is 0.468 e. The molecule has 1 aliphatic carbocycles. The molecular formula is C14H23N5O3S. The second kappa shape index (κ2) is 8.19. The number of nitrogens with two attached hydrogens (primary N) is 1. The van der Waals surface area contributed by atoms with Crippen LogP contribution in [0.2, 0.25) is 0 Å². The number of methoxy groups -OCH3 is 1. The minimum atomic E-state index is -0.535. The van der Waals surface area contributed by atoms with E-state index in [4.69, 9.17) is 5.73 Å². The van der Waals surface area contributed by atoms with Crippen molar-refractivity contribution in [3.63, 3.8) is 0 Å². The maximum atomic E-state index is 12.5. The van der Waals surface area contributed by atoms with Crippen LogP contribution in [0.1, 0.15) is 45.1 Å². The van der Waals surface area contributed by atoms with Gasteiger partial charge in [-0.15, -0.1) is 10.2 Å². The van der Waals surface area contributed by atoms with Gasteiger partial charge in [-0.1, -0.05) is 31.0 Å². The third-order valence-corrected chi connectivity index (χ3v) is 4.87. The molecule has 23 heavy (non-hydrogen) atoms. The monoisotopic (exact) mass is 341 g/mol. The Balaban J connectivity index is 2.02. The van der Waals surface area contributed by atoms with Gasteiger partial charge in [0.05, 0.1) is 12.9 Å². The van der Waals surface area contributed by atoms with Crippen LogP contribution in [-0.2, 0) is 14.3 Å². The van der Waals surface area contributed by atoms with Crippen molar-refractivity contribution < 1.29 is 14.3 Å². The van der Waals surface area contributed by atoms with E-state index in [0.29, 0.717) is 5.16 Å². The van der Waals surface area contributed by atoms with Crippen molar-refractivity contribution in [1.29, 1.82) is 0 Å². The minimum Gasteiger partial charge on any atom is -0.468 e. The Hall–Kier alpha value is -1.77. The average molecular weight is 341 g/mol. The molecule has 128 valence electrons. The van der Waals surface area contributed by atoms with Gasteiger partial charge in [0.15, 0.2) is 5.16 Å². The van der Waals surface area contributed by atoms with E-state index in [-0.39, 0.29) is 29.6 Å². The number of thioether (sulfide) groups is 1. The predicted octanol–water partition coefficient (Wildman–Crippen LogP) is 1.14. The quantitative estimate of drug-likeness (QED) is 0.589. The molecule has 1 aliphatic rings. The molecule has 9 heteroatoms. The van der Waals surface area contributed by atoms with Gasteiger partial charge in [0.1, 0.15) is 6.04 Å². The number of ether oxygens (including phenoxy) is 1. The molecule has 1 amide bonds. The highest BCUT2D eigenvalue weighted by atomic mass is 32.2. The fraction of sp³-hybridized carbons (Fsp3) is 0.714. The molecule has 0 bridgehead atoms. The highest BCUT2D eigenvalue weighted by molar-refractivity contribution is 7.99. The van der Waals surface area contributed by atoms with Crippen LogP contribution in [0, 0.1) is 0 Å². The number of anilines is 1. The highest BCUT2D eigenvalue weighted by Gasteiger charge is 2.25. The lowest BCUT2D eigenvalue weighted by Gasteiger charge is -2.25. The third kappa shape index (κ3) is 4.60. The molecule has 0 spiro atoms. The summed E-state index contributed by atoms with van der Waals surface area (Å²) >= 11 is 1.15. The standard InChI is InChI=1S/C14H23N5O3S/c1-9(12(21)16-10-6-4-3-5-7-10)19-13(15)17-18-14(19)23-8-11(20)22-2/h9-10H,3-8H2,1-2H3,(H2,15,17)(H,16,21). The molecule has 1 heterocycles. The second-order valence-electron chi connectivity index (χ2n) is 5.60. The Labute approximate surface area is 139 Å². The molecule has 0 saturated heterocycles. The van der Waals surface area contributed by atoms with E-state index in [1.807, 2.05) is 0 Å². The molecular weight excluding hydrogens is 318 g/mol. The molecule has 0 aromatic carbocycles. The number of hydrogen-bond donors (Lipinski definition) is 2. The van der Waals surface area contributed by atoms with Crippen molar-refractivity contribution in [2.45, 2.75) is 56.3 Å². The molecule has 1 aromatic rings. The number of rotatable bonds is 6. The Morgan fingerprint density at radius 2 is 2.09 bits per heavy atom. The zero-order valence-corrected chi connectivity index (χ0v) is 14.3. The zero-order valence-electron chi connectivity index (χ0n) is 13.4. The SMILES string of the molecule is COC(=O)CSc1nnc(N)n1C(C)C(=O)NC1CCCCC1. The van der Waals surface area contributed by atoms with Gasteiger partial charge < -0.3 is 15.8 Å². The summed E-state index contributed by atoms with van der Waals surface area (Å²) in [4.78, 5) is 23.7. The summed E-state index contributed by atoms with van der Waals surface area (Å²) in [5, 5.41) is 11.2. The van der Waals surface area contributed by atoms with E-state index in [1.54, 1.807) is 11.5 Å². The predicted molar refractivity (Wildman–Crippen MR) is 86.9 cm³/mol. The van der Waals surface area contributed by atoms with Crippen LogP contribution < -0.4 is 11.1 Å². The summed E-state index contributed by atoms with van der Waals surface area (Å²) in [5.74, 6) is -0.236. The van der Waals surface area contributed by atoms with Crippen LogP contribution in [0.4, 0.5) is 5.95 Å². The Bertz CT molecular complexity index is 557. The van der Waals surface area contributed by atoms with Crippen molar-refractivity contribution in [2.24, 2.45) is 0 Å². The van der Waals surface area contributed by atoms with Crippen LogP contribution in [0.3, 0.4) is 0 Å². The lowest BCUT2D eigenvalue weighted by molar-refractivity contribution is -0.137. The Morgan fingerprint density at radius 3 is 2.74 bits per heavy atom. The van der Waals surface area contributed by atoms with E-state index < -0.39 is 6.04 Å². The van der Waals surface area contributed by atoms with Crippen LogP contribution >= 0.6 is 11.8 Å². The van der Waals surface area contributed by atoms with Crippen LogP contribution in [0.5, 0.6) is 0 Å². The van der Waals surface area contributed by atoms with Crippen molar-refractivity contribution in [3.05, 3.63) is 0 Å². The summed E-state index contributed by atoms with van der Waals surface area (Å²) in [6.45, 7) is 1.75. The Kier molecular flexibility index (Phi) is 6.26. The first-order chi connectivity index (χ1) is 11.0. The molecule has 1 aromatic heterocycles. The van der Waals surface area contributed by atoms with Gasteiger partial charge in [0, 0.05) is 6.04 Å². The molecule has 2 rings (SSSR count). The van der Waals surface area contributed by atoms with Gasteiger partial charge in [0.2, 0.25) is 11.9 Å². The second-order valence-corrected chi connectivity index (χ2v) is 6.54. The zero-order chi connectivity index (χ0) is 16.8. The number of carbonyl (C=O) groups excluding carboxylic acids is 2. The summed E-state index contributed by atoms with van der Waals surface area (Å²) in [6.07, 6.45) is 5.55. The summed E-state index contributed by atoms with van der Waals surface area (Å²) in [5.41, 5.74) is 5.83. The lowest BCUT2D eigenvalue weighted by Crippen LogP contribution is -2.40. The summed E-state index contributed by atoms with van der Waals surface area (Å²) in [7, 11) is 1.32. The number of amides is 1. The van der Waals surface area contributed by atoms with Crippen molar-refractivity contribution >= 4 is 29.6 Å². The molecule has 0 radical (unpaired) electrons. The van der Waals surface area contributed by atoms with Crippen molar-refractivity contribution in [2.75, 3.05) is 18.6 Å². The lowest BCUT2D eigenvalue weighted by atomic mass is 9.95. The molecule has 8 nitrogen and oxygen atoms in total. The molecule has 1 fully saturated rings.